The lowest BCUT2D eigenvalue weighted by Crippen LogP contribution is -2.69. The van der Waals surface area contributed by atoms with Crippen LogP contribution in [0.4, 0.5) is 18.4 Å². The van der Waals surface area contributed by atoms with Crippen LogP contribution in [0.5, 0.6) is 0 Å². The number of alkyl carbamates (subject to hydrolysis) is 1. The number of rotatable bonds is 2. The predicted molar refractivity (Wildman–Crippen MR) is 103 cm³/mol. The van der Waals surface area contributed by atoms with E-state index in [1.54, 1.807) is 41.5 Å². The standard InChI is InChI=1S/C19H25BrF2N2O4/c1-17(2,3)27-15(25)23-19(11-7-12(20)14(22)8-13(11)21)9-24(10-19)16(26)28-18(4,5)6/h7-8H,9-10H2,1-6H3,(H,23,25). The van der Waals surface area contributed by atoms with E-state index >= 15 is 0 Å². The summed E-state index contributed by atoms with van der Waals surface area (Å²) in [7, 11) is 0. The minimum atomic E-state index is -1.26. The number of hydrogen-bond acceptors (Lipinski definition) is 4. The average Bonchev–Trinajstić information content (AvgIpc) is 2.42. The monoisotopic (exact) mass is 462 g/mol. The molecule has 1 fully saturated rings. The van der Waals surface area contributed by atoms with Gasteiger partial charge in [-0.05, 0) is 63.5 Å². The van der Waals surface area contributed by atoms with Crippen molar-refractivity contribution in [2.24, 2.45) is 0 Å². The number of nitrogens with one attached hydrogen (secondary N) is 1. The maximum atomic E-state index is 14.5. The quantitative estimate of drug-likeness (QED) is 0.646. The molecule has 1 N–H and O–H groups in total. The summed E-state index contributed by atoms with van der Waals surface area (Å²) < 4.78 is 38.8. The molecule has 2 amide bonds. The maximum absolute atomic E-state index is 14.5. The van der Waals surface area contributed by atoms with Crippen LogP contribution in [0.2, 0.25) is 0 Å². The molecule has 0 aliphatic carbocycles. The molecule has 1 aliphatic rings. The van der Waals surface area contributed by atoms with Gasteiger partial charge in [0.15, 0.2) is 0 Å². The zero-order chi connectivity index (χ0) is 21.5. The third-order valence-electron chi connectivity index (χ3n) is 3.84. The molecule has 156 valence electrons. The van der Waals surface area contributed by atoms with E-state index in [-0.39, 0.29) is 23.1 Å². The van der Waals surface area contributed by atoms with Crippen molar-refractivity contribution < 1.29 is 27.8 Å². The third-order valence-corrected chi connectivity index (χ3v) is 4.45. The SMILES string of the molecule is CC(C)(C)OC(=O)NC1(c2cc(Br)c(F)cc2F)CN(C(=O)OC(C)(C)C)C1. The van der Waals surface area contributed by atoms with Crippen LogP contribution in [0.15, 0.2) is 16.6 Å². The zero-order valence-electron chi connectivity index (χ0n) is 16.8. The number of ether oxygens (including phenoxy) is 2. The normalized spacial score (nSPS) is 16.2. The van der Waals surface area contributed by atoms with Crippen molar-refractivity contribution in [3.05, 3.63) is 33.8 Å². The number of carbonyl (C=O) groups is 2. The lowest BCUT2D eigenvalue weighted by molar-refractivity contribution is -0.0238. The van der Waals surface area contributed by atoms with Crippen LogP contribution in [0.25, 0.3) is 0 Å². The predicted octanol–water partition coefficient (Wildman–Crippen LogP) is 4.70. The summed E-state index contributed by atoms with van der Waals surface area (Å²) in [6, 6.07) is 1.99. The van der Waals surface area contributed by atoms with Crippen LogP contribution in [-0.4, -0.2) is 41.4 Å². The molecule has 0 aromatic heterocycles. The molecule has 1 saturated heterocycles. The highest BCUT2D eigenvalue weighted by molar-refractivity contribution is 9.10. The van der Waals surface area contributed by atoms with Gasteiger partial charge in [-0.1, -0.05) is 0 Å². The van der Waals surface area contributed by atoms with E-state index in [4.69, 9.17) is 9.47 Å². The highest BCUT2D eigenvalue weighted by Gasteiger charge is 2.51. The van der Waals surface area contributed by atoms with Crippen LogP contribution in [-0.2, 0) is 15.0 Å². The Morgan fingerprint density at radius 2 is 1.57 bits per heavy atom. The summed E-state index contributed by atoms with van der Waals surface area (Å²) in [5.74, 6) is -1.60. The molecule has 0 bridgehead atoms. The summed E-state index contributed by atoms with van der Waals surface area (Å²) in [5.41, 5.74) is -2.68. The van der Waals surface area contributed by atoms with E-state index in [2.05, 4.69) is 21.2 Å². The molecule has 28 heavy (non-hydrogen) atoms. The third kappa shape index (κ3) is 5.33. The fourth-order valence-electron chi connectivity index (χ4n) is 2.77. The summed E-state index contributed by atoms with van der Waals surface area (Å²) in [4.78, 5) is 25.9. The highest BCUT2D eigenvalue weighted by Crippen LogP contribution is 2.37. The first kappa shape index (κ1) is 22.4. The summed E-state index contributed by atoms with van der Waals surface area (Å²) in [6.45, 7) is 10.2. The van der Waals surface area contributed by atoms with Gasteiger partial charge in [-0.3, -0.25) is 0 Å². The smallest absolute Gasteiger partial charge is 0.410 e. The van der Waals surface area contributed by atoms with Gasteiger partial charge in [0.1, 0.15) is 28.4 Å². The van der Waals surface area contributed by atoms with Gasteiger partial charge < -0.3 is 19.7 Å². The highest BCUT2D eigenvalue weighted by atomic mass is 79.9. The van der Waals surface area contributed by atoms with Gasteiger partial charge in [0, 0.05) is 11.6 Å². The maximum Gasteiger partial charge on any atom is 0.410 e. The van der Waals surface area contributed by atoms with E-state index in [0.29, 0.717) is 0 Å². The Labute approximate surface area is 171 Å². The molecule has 1 heterocycles. The summed E-state index contributed by atoms with van der Waals surface area (Å²) in [5, 5.41) is 2.64. The minimum Gasteiger partial charge on any atom is -0.444 e. The van der Waals surface area contributed by atoms with Crippen LogP contribution in [0.1, 0.15) is 47.1 Å². The lowest BCUT2D eigenvalue weighted by Gasteiger charge is -2.50. The van der Waals surface area contributed by atoms with Crippen molar-refractivity contribution >= 4 is 28.1 Å². The largest absolute Gasteiger partial charge is 0.444 e. The molecular formula is C19H25BrF2N2O4. The summed E-state index contributed by atoms with van der Waals surface area (Å²) >= 11 is 3.03. The molecule has 0 atom stereocenters. The Kier molecular flexibility index (Phi) is 5.99. The molecule has 1 aromatic rings. The van der Waals surface area contributed by atoms with Crippen LogP contribution in [0, 0.1) is 11.6 Å². The number of benzene rings is 1. The fraction of sp³-hybridized carbons (Fsp3) is 0.579. The molecule has 1 aromatic carbocycles. The van der Waals surface area contributed by atoms with Crippen molar-refractivity contribution in [2.45, 2.75) is 58.3 Å². The Morgan fingerprint density at radius 1 is 1.04 bits per heavy atom. The van der Waals surface area contributed by atoms with E-state index in [1.165, 1.54) is 11.0 Å². The average molecular weight is 463 g/mol. The van der Waals surface area contributed by atoms with Crippen molar-refractivity contribution in [3.63, 3.8) is 0 Å². The minimum absolute atomic E-state index is 0.0455. The topological polar surface area (TPSA) is 67.9 Å². The molecule has 0 radical (unpaired) electrons. The first-order valence-corrected chi connectivity index (χ1v) is 9.55. The number of nitrogens with zero attached hydrogens (tertiary/aromatic N) is 1. The van der Waals surface area contributed by atoms with Crippen LogP contribution >= 0.6 is 15.9 Å². The van der Waals surface area contributed by atoms with Gasteiger partial charge in [0.2, 0.25) is 0 Å². The van der Waals surface area contributed by atoms with Crippen LogP contribution < -0.4 is 5.32 Å². The lowest BCUT2D eigenvalue weighted by atomic mass is 9.82. The van der Waals surface area contributed by atoms with Crippen molar-refractivity contribution in [3.8, 4) is 0 Å². The van der Waals surface area contributed by atoms with Crippen molar-refractivity contribution in [1.29, 1.82) is 0 Å². The van der Waals surface area contributed by atoms with Gasteiger partial charge in [-0.15, -0.1) is 0 Å². The van der Waals surface area contributed by atoms with Crippen LogP contribution in [0.3, 0.4) is 0 Å². The fourth-order valence-corrected chi connectivity index (χ4v) is 3.11. The molecule has 0 spiro atoms. The Morgan fingerprint density at radius 3 is 2.07 bits per heavy atom. The van der Waals surface area contributed by atoms with Gasteiger partial charge in [0.25, 0.3) is 0 Å². The van der Waals surface area contributed by atoms with E-state index in [0.717, 1.165) is 6.07 Å². The zero-order valence-corrected chi connectivity index (χ0v) is 18.4. The number of amides is 2. The number of carbonyl (C=O) groups excluding carboxylic acids is 2. The number of halogens is 3. The molecule has 9 heteroatoms. The van der Waals surface area contributed by atoms with Gasteiger partial charge in [0.05, 0.1) is 17.6 Å². The van der Waals surface area contributed by atoms with E-state index in [1.807, 2.05) is 0 Å². The van der Waals surface area contributed by atoms with E-state index < -0.39 is 40.6 Å². The van der Waals surface area contributed by atoms with Gasteiger partial charge in [-0.25, -0.2) is 18.4 Å². The van der Waals surface area contributed by atoms with Crippen molar-refractivity contribution in [1.82, 2.24) is 10.2 Å². The summed E-state index contributed by atoms with van der Waals surface area (Å²) in [6.07, 6.45) is -1.35. The molecule has 2 rings (SSSR count). The Balaban J connectivity index is 2.30. The Bertz CT molecular complexity index is 781. The molecular weight excluding hydrogens is 438 g/mol. The molecule has 6 nitrogen and oxygen atoms in total. The molecule has 0 unspecified atom stereocenters. The second kappa shape index (κ2) is 7.50. The second-order valence-electron chi connectivity index (χ2n) is 8.79. The molecule has 0 saturated carbocycles. The first-order valence-electron chi connectivity index (χ1n) is 8.76. The van der Waals surface area contributed by atoms with Gasteiger partial charge >= 0.3 is 12.2 Å². The first-order chi connectivity index (χ1) is 12.6. The Hall–Kier alpha value is -1.90. The van der Waals surface area contributed by atoms with E-state index in [9.17, 15) is 18.4 Å². The van der Waals surface area contributed by atoms with Gasteiger partial charge in [-0.2, -0.15) is 0 Å². The van der Waals surface area contributed by atoms with Crippen molar-refractivity contribution in [2.75, 3.05) is 13.1 Å². The molecule has 1 aliphatic heterocycles. The second-order valence-corrected chi connectivity index (χ2v) is 9.65. The number of hydrogen-bond donors (Lipinski definition) is 1. The number of likely N-dealkylation sites (tertiary alicyclic amines) is 1.